The Labute approximate surface area is 108 Å². The molecule has 0 aliphatic heterocycles. The van der Waals surface area contributed by atoms with Crippen molar-refractivity contribution in [3.8, 4) is 12.3 Å². The highest BCUT2D eigenvalue weighted by Crippen LogP contribution is 2.27. The van der Waals surface area contributed by atoms with Crippen LogP contribution in [0.1, 0.15) is 51.4 Å². The van der Waals surface area contributed by atoms with E-state index in [4.69, 9.17) is 11.5 Å². The number of carbonyl (C=O) groups is 2. The molecular formula is C14H21NO3. The number of carboxylic acid groups (broad SMARTS) is 1. The van der Waals surface area contributed by atoms with Gasteiger partial charge in [-0.25, -0.2) is 4.79 Å². The van der Waals surface area contributed by atoms with E-state index in [0.717, 1.165) is 6.42 Å². The number of terminal acetylenes is 1. The molecular weight excluding hydrogens is 230 g/mol. The van der Waals surface area contributed by atoms with Crippen LogP contribution in [0, 0.1) is 18.3 Å². The fraction of sp³-hybridized carbons (Fsp3) is 0.714. The summed E-state index contributed by atoms with van der Waals surface area (Å²) in [6.07, 6.45) is 12.5. The summed E-state index contributed by atoms with van der Waals surface area (Å²) >= 11 is 0. The first kappa shape index (κ1) is 14.6. The number of nitrogens with one attached hydrogen (secondary N) is 1. The van der Waals surface area contributed by atoms with Crippen LogP contribution in [0.15, 0.2) is 0 Å². The van der Waals surface area contributed by atoms with Gasteiger partial charge in [0.15, 0.2) is 0 Å². The maximum Gasteiger partial charge on any atom is 0.327 e. The average Bonchev–Trinajstić information content (AvgIpc) is 2.37. The van der Waals surface area contributed by atoms with Crippen LogP contribution in [-0.2, 0) is 9.59 Å². The first-order valence-electron chi connectivity index (χ1n) is 6.59. The van der Waals surface area contributed by atoms with E-state index in [-0.39, 0.29) is 12.3 Å². The molecule has 1 amide bonds. The lowest BCUT2D eigenvalue weighted by Gasteiger charge is -2.21. The molecule has 4 nitrogen and oxygen atoms in total. The van der Waals surface area contributed by atoms with Gasteiger partial charge >= 0.3 is 5.97 Å². The Balaban J connectivity index is 2.27. The molecule has 0 aromatic heterocycles. The summed E-state index contributed by atoms with van der Waals surface area (Å²) < 4.78 is 0. The van der Waals surface area contributed by atoms with Crippen molar-refractivity contribution in [2.75, 3.05) is 0 Å². The van der Waals surface area contributed by atoms with Crippen molar-refractivity contribution in [2.24, 2.45) is 5.92 Å². The zero-order chi connectivity index (χ0) is 13.4. The molecule has 1 rings (SSSR count). The molecule has 1 aliphatic carbocycles. The standard InChI is InChI=1S/C14H21NO3/c1-2-6-12(14(17)18)15-13(16)10-9-11-7-4-3-5-8-11/h1,11-12H,3-10H2,(H,15,16)(H,17,18). The number of rotatable bonds is 6. The molecule has 18 heavy (non-hydrogen) atoms. The van der Waals surface area contributed by atoms with Crippen LogP contribution < -0.4 is 5.32 Å². The van der Waals surface area contributed by atoms with Crippen LogP contribution in [0.4, 0.5) is 0 Å². The van der Waals surface area contributed by atoms with E-state index >= 15 is 0 Å². The minimum atomic E-state index is -1.07. The van der Waals surface area contributed by atoms with Gasteiger partial charge in [0.2, 0.25) is 5.91 Å². The van der Waals surface area contributed by atoms with Crippen LogP contribution in [0.25, 0.3) is 0 Å². The van der Waals surface area contributed by atoms with Gasteiger partial charge in [-0.05, 0) is 12.3 Å². The monoisotopic (exact) mass is 251 g/mol. The Kier molecular flexibility index (Phi) is 6.27. The molecule has 1 unspecified atom stereocenters. The van der Waals surface area contributed by atoms with Gasteiger partial charge in [-0.3, -0.25) is 4.79 Å². The third-order valence-corrected chi connectivity index (χ3v) is 3.46. The molecule has 2 N–H and O–H groups in total. The Morgan fingerprint density at radius 3 is 2.56 bits per heavy atom. The molecule has 1 saturated carbocycles. The summed E-state index contributed by atoms with van der Waals surface area (Å²) in [5, 5.41) is 11.3. The molecule has 0 spiro atoms. The number of carbonyl (C=O) groups excluding carboxylic acids is 1. The normalized spacial score (nSPS) is 17.7. The average molecular weight is 251 g/mol. The molecule has 0 saturated heterocycles. The predicted octanol–water partition coefficient (Wildman–Crippen LogP) is 1.94. The highest BCUT2D eigenvalue weighted by atomic mass is 16.4. The zero-order valence-corrected chi connectivity index (χ0v) is 10.7. The summed E-state index contributed by atoms with van der Waals surface area (Å²) in [6.45, 7) is 0. The van der Waals surface area contributed by atoms with E-state index in [1.165, 1.54) is 32.1 Å². The largest absolute Gasteiger partial charge is 0.480 e. The number of hydrogen-bond donors (Lipinski definition) is 2. The van der Waals surface area contributed by atoms with E-state index in [2.05, 4.69) is 11.2 Å². The maximum atomic E-state index is 11.6. The summed E-state index contributed by atoms with van der Waals surface area (Å²) in [4.78, 5) is 22.5. The molecule has 0 radical (unpaired) electrons. The van der Waals surface area contributed by atoms with Crippen LogP contribution >= 0.6 is 0 Å². The van der Waals surface area contributed by atoms with E-state index in [1.807, 2.05) is 0 Å². The van der Waals surface area contributed by atoms with Crippen molar-refractivity contribution >= 4 is 11.9 Å². The Hall–Kier alpha value is -1.50. The van der Waals surface area contributed by atoms with Crippen LogP contribution in [0.5, 0.6) is 0 Å². The fourth-order valence-corrected chi connectivity index (χ4v) is 2.40. The van der Waals surface area contributed by atoms with Crippen molar-refractivity contribution < 1.29 is 14.7 Å². The van der Waals surface area contributed by atoms with Crippen molar-refractivity contribution in [1.29, 1.82) is 0 Å². The molecule has 1 aliphatic rings. The second-order valence-electron chi connectivity index (χ2n) is 4.91. The van der Waals surface area contributed by atoms with Crippen molar-refractivity contribution in [2.45, 2.75) is 57.4 Å². The molecule has 4 heteroatoms. The Morgan fingerprint density at radius 1 is 1.33 bits per heavy atom. The van der Waals surface area contributed by atoms with E-state index in [0.29, 0.717) is 12.3 Å². The number of carboxylic acids is 1. The molecule has 100 valence electrons. The summed E-state index contributed by atoms with van der Waals surface area (Å²) in [5.41, 5.74) is 0. The van der Waals surface area contributed by atoms with Gasteiger partial charge in [0.25, 0.3) is 0 Å². The lowest BCUT2D eigenvalue weighted by atomic mass is 9.86. The van der Waals surface area contributed by atoms with Gasteiger partial charge in [0.1, 0.15) is 6.04 Å². The first-order chi connectivity index (χ1) is 8.63. The first-order valence-corrected chi connectivity index (χ1v) is 6.59. The zero-order valence-electron chi connectivity index (χ0n) is 10.7. The van der Waals surface area contributed by atoms with Gasteiger partial charge in [0.05, 0.1) is 0 Å². The second-order valence-corrected chi connectivity index (χ2v) is 4.91. The van der Waals surface area contributed by atoms with Crippen LogP contribution in [0.3, 0.4) is 0 Å². The third kappa shape index (κ3) is 5.22. The molecule has 0 bridgehead atoms. The van der Waals surface area contributed by atoms with Gasteiger partial charge < -0.3 is 10.4 Å². The van der Waals surface area contributed by atoms with Gasteiger partial charge in [-0.2, -0.15) is 0 Å². The number of amides is 1. The van der Waals surface area contributed by atoms with E-state index in [9.17, 15) is 9.59 Å². The van der Waals surface area contributed by atoms with Crippen molar-refractivity contribution in [3.05, 3.63) is 0 Å². The van der Waals surface area contributed by atoms with Gasteiger partial charge in [-0.15, -0.1) is 12.3 Å². The smallest absolute Gasteiger partial charge is 0.327 e. The summed E-state index contributed by atoms with van der Waals surface area (Å²) in [6, 6.07) is -0.950. The summed E-state index contributed by atoms with van der Waals surface area (Å²) in [7, 11) is 0. The topological polar surface area (TPSA) is 66.4 Å². The quantitative estimate of drug-likeness (QED) is 0.709. The minimum Gasteiger partial charge on any atom is -0.480 e. The highest BCUT2D eigenvalue weighted by Gasteiger charge is 2.20. The molecule has 0 aromatic carbocycles. The lowest BCUT2D eigenvalue weighted by Crippen LogP contribution is -2.40. The second kappa shape index (κ2) is 7.75. The SMILES string of the molecule is C#CCC(NC(=O)CCC1CCCCC1)C(=O)O. The number of aliphatic carboxylic acids is 1. The molecule has 0 aromatic rings. The predicted molar refractivity (Wildman–Crippen MR) is 68.8 cm³/mol. The van der Waals surface area contributed by atoms with Crippen LogP contribution in [0.2, 0.25) is 0 Å². The van der Waals surface area contributed by atoms with E-state index < -0.39 is 12.0 Å². The fourth-order valence-electron chi connectivity index (χ4n) is 2.40. The van der Waals surface area contributed by atoms with Gasteiger partial charge in [-0.1, -0.05) is 32.1 Å². The number of hydrogen-bond acceptors (Lipinski definition) is 2. The van der Waals surface area contributed by atoms with Crippen LogP contribution in [-0.4, -0.2) is 23.0 Å². The summed E-state index contributed by atoms with van der Waals surface area (Å²) in [5.74, 6) is 1.61. The minimum absolute atomic E-state index is 0.0322. The molecule has 0 heterocycles. The Morgan fingerprint density at radius 2 is 2.00 bits per heavy atom. The van der Waals surface area contributed by atoms with E-state index in [1.54, 1.807) is 0 Å². The lowest BCUT2D eigenvalue weighted by molar-refractivity contribution is -0.141. The highest BCUT2D eigenvalue weighted by molar-refractivity contribution is 5.83. The molecule has 1 fully saturated rings. The molecule has 1 atom stereocenters. The van der Waals surface area contributed by atoms with Crippen molar-refractivity contribution in [3.63, 3.8) is 0 Å². The van der Waals surface area contributed by atoms with Crippen molar-refractivity contribution in [1.82, 2.24) is 5.32 Å². The maximum absolute atomic E-state index is 11.6. The third-order valence-electron chi connectivity index (χ3n) is 3.46. The Bertz CT molecular complexity index is 326. The van der Waals surface area contributed by atoms with Gasteiger partial charge in [0, 0.05) is 12.8 Å².